The molecule has 12 rings (SSSR count). The number of para-hydroxylation sites is 1. The fraction of sp³-hybridized carbons (Fsp3) is 0.0517. The van der Waals surface area contributed by atoms with E-state index < -0.39 is 0 Å². The van der Waals surface area contributed by atoms with E-state index >= 15 is 0 Å². The summed E-state index contributed by atoms with van der Waals surface area (Å²) in [5.41, 5.74) is 17.9. The molecular weight excluding hydrogens is 741 g/mol. The number of aromatic nitrogens is 1. The second-order valence-corrected chi connectivity index (χ2v) is 16.7. The molecule has 0 fully saturated rings. The molecule has 0 unspecified atom stereocenters. The average Bonchev–Trinajstić information content (AvgIpc) is 3.81. The molecule has 2 heterocycles. The molecule has 0 saturated heterocycles. The summed E-state index contributed by atoms with van der Waals surface area (Å²) in [6, 6.07) is 74.3. The van der Waals surface area contributed by atoms with Gasteiger partial charge >= 0.3 is 0 Å². The molecule has 3 heteroatoms. The minimum absolute atomic E-state index is 0.114. The van der Waals surface area contributed by atoms with Gasteiger partial charge in [0.25, 0.3) is 0 Å². The zero-order chi connectivity index (χ0) is 40.7. The summed E-state index contributed by atoms with van der Waals surface area (Å²) in [6.45, 7) is 4.69. The lowest BCUT2D eigenvalue weighted by Crippen LogP contribution is -2.16. The third-order valence-electron chi connectivity index (χ3n) is 12.9. The van der Waals surface area contributed by atoms with Crippen LogP contribution in [-0.2, 0) is 5.41 Å². The Hall–Kier alpha value is -7.75. The molecule has 0 radical (unpaired) electrons. The van der Waals surface area contributed by atoms with Crippen LogP contribution in [0.15, 0.2) is 211 Å². The molecule has 11 aromatic rings. The van der Waals surface area contributed by atoms with E-state index in [0.29, 0.717) is 0 Å². The molecule has 0 N–H and O–H groups in total. The third kappa shape index (κ3) is 5.69. The minimum Gasteiger partial charge on any atom is -0.456 e. The molecule has 0 bridgehead atoms. The standard InChI is InChI=1S/C58H40N2O/c1-58(2)51-18-10-8-16-46(51)47-32-30-44(35-52(47)58)60(42-26-20-38(21-27-42)37-12-4-3-5-13-37)43-28-22-40(23-29-43)54-36-50(48-17-9-11-19-53(48)59-54)41-24-31-49-56(34-41)61-55-33-25-39-14-6-7-15-45(39)57(49)55/h3-36H,1-2H3. The molecule has 61 heavy (non-hydrogen) atoms. The van der Waals surface area contributed by atoms with Crippen LogP contribution in [0.4, 0.5) is 17.1 Å². The SMILES string of the molecule is CC1(C)c2ccccc2-c2ccc(N(c3ccc(-c4ccccc4)cc3)c3ccc(-c4cc(-c5ccc6c(c5)oc5ccc7ccccc7c56)c5ccccc5n4)cc3)cc21. The van der Waals surface area contributed by atoms with Gasteiger partial charge in [-0.15, -0.1) is 0 Å². The van der Waals surface area contributed by atoms with Crippen LogP contribution in [0.5, 0.6) is 0 Å². The van der Waals surface area contributed by atoms with Crippen LogP contribution in [0.3, 0.4) is 0 Å². The van der Waals surface area contributed by atoms with E-state index in [0.717, 1.165) is 72.3 Å². The van der Waals surface area contributed by atoms with Crippen molar-refractivity contribution in [2.45, 2.75) is 19.3 Å². The van der Waals surface area contributed by atoms with Gasteiger partial charge in [0.05, 0.1) is 11.2 Å². The average molecular weight is 781 g/mol. The van der Waals surface area contributed by atoms with Crippen molar-refractivity contribution in [3.8, 4) is 44.6 Å². The number of hydrogen-bond acceptors (Lipinski definition) is 3. The van der Waals surface area contributed by atoms with Crippen molar-refractivity contribution in [1.82, 2.24) is 4.98 Å². The zero-order valence-electron chi connectivity index (χ0n) is 33.9. The van der Waals surface area contributed by atoms with Gasteiger partial charge in [-0.2, -0.15) is 0 Å². The number of benzene rings is 9. The molecule has 0 atom stereocenters. The highest BCUT2D eigenvalue weighted by Crippen LogP contribution is 2.51. The monoisotopic (exact) mass is 780 g/mol. The Morgan fingerprint density at radius 3 is 1.87 bits per heavy atom. The highest BCUT2D eigenvalue weighted by atomic mass is 16.3. The fourth-order valence-electron chi connectivity index (χ4n) is 9.77. The van der Waals surface area contributed by atoms with Crippen LogP contribution < -0.4 is 4.90 Å². The second kappa shape index (κ2) is 13.7. The summed E-state index contributed by atoms with van der Waals surface area (Å²) in [6.07, 6.45) is 0. The van der Waals surface area contributed by atoms with Gasteiger partial charge in [0.2, 0.25) is 0 Å². The Labute approximate surface area is 354 Å². The maximum atomic E-state index is 6.52. The van der Waals surface area contributed by atoms with Crippen LogP contribution in [0, 0.1) is 0 Å². The van der Waals surface area contributed by atoms with Gasteiger partial charge in [0, 0.05) is 44.2 Å². The van der Waals surface area contributed by atoms with Crippen LogP contribution in [0.2, 0.25) is 0 Å². The molecule has 3 nitrogen and oxygen atoms in total. The second-order valence-electron chi connectivity index (χ2n) is 16.7. The lowest BCUT2D eigenvalue weighted by atomic mass is 9.82. The van der Waals surface area contributed by atoms with E-state index in [2.05, 4.69) is 225 Å². The normalized spacial score (nSPS) is 12.9. The van der Waals surface area contributed by atoms with Crippen molar-refractivity contribution < 1.29 is 4.42 Å². The van der Waals surface area contributed by atoms with E-state index in [9.17, 15) is 0 Å². The van der Waals surface area contributed by atoms with Crippen LogP contribution >= 0.6 is 0 Å². The molecule has 0 amide bonds. The molecule has 1 aliphatic rings. The van der Waals surface area contributed by atoms with Gasteiger partial charge in [-0.1, -0.05) is 153 Å². The van der Waals surface area contributed by atoms with Gasteiger partial charge < -0.3 is 9.32 Å². The Balaban J connectivity index is 0.957. The maximum Gasteiger partial charge on any atom is 0.136 e. The van der Waals surface area contributed by atoms with Crippen molar-refractivity contribution in [3.63, 3.8) is 0 Å². The summed E-state index contributed by atoms with van der Waals surface area (Å²) < 4.78 is 6.52. The summed E-state index contributed by atoms with van der Waals surface area (Å²) in [5.74, 6) is 0. The lowest BCUT2D eigenvalue weighted by molar-refractivity contribution is 0.660. The number of rotatable bonds is 6. The van der Waals surface area contributed by atoms with E-state index in [-0.39, 0.29) is 5.41 Å². The highest BCUT2D eigenvalue weighted by Gasteiger charge is 2.35. The van der Waals surface area contributed by atoms with Crippen LogP contribution in [0.25, 0.3) is 88.3 Å². The first-order valence-corrected chi connectivity index (χ1v) is 21.0. The summed E-state index contributed by atoms with van der Waals surface area (Å²) in [5, 5.41) is 5.81. The Bertz CT molecular complexity index is 3490. The van der Waals surface area contributed by atoms with Crippen LogP contribution in [0.1, 0.15) is 25.0 Å². The van der Waals surface area contributed by atoms with E-state index in [1.165, 1.54) is 44.2 Å². The maximum absolute atomic E-state index is 6.52. The number of fused-ring (bicyclic) bond motifs is 9. The number of pyridine rings is 1. The first-order chi connectivity index (χ1) is 30.0. The van der Waals surface area contributed by atoms with E-state index in [4.69, 9.17) is 9.40 Å². The van der Waals surface area contributed by atoms with Crippen molar-refractivity contribution in [2.24, 2.45) is 0 Å². The smallest absolute Gasteiger partial charge is 0.136 e. The van der Waals surface area contributed by atoms with Crippen molar-refractivity contribution in [2.75, 3.05) is 4.90 Å². The van der Waals surface area contributed by atoms with E-state index in [1.54, 1.807) is 0 Å². The molecular formula is C58H40N2O. The van der Waals surface area contributed by atoms with Gasteiger partial charge in [0.1, 0.15) is 11.2 Å². The predicted octanol–water partition coefficient (Wildman–Crippen LogP) is 16.1. The topological polar surface area (TPSA) is 29.3 Å². The molecule has 9 aromatic carbocycles. The van der Waals surface area contributed by atoms with Gasteiger partial charge in [-0.05, 0) is 122 Å². The quantitative estimate of drug-likeness (QED) is 0.168. The lowest BCUT2D eigenvalue weighted by Gasteiger charge is -2.28. The minimum atomic E-state index is -0.114. The third-order valence-corrected chi connectivity index (χ3v) is 12.9. The summed E-state index contributed by atoms with van der Waals surface area (Å²) in [4.78, 5) is 7.61. The fourth-order valence-corrected chi connectivity index (χ4v) is 9.77. The molecule has 2 aromatic heterocycles. The summed E-state index contributed by atoms with van der Waals surface area (Å²) >= 11 is 0. The Kier molecular flexibility index (Phi) is 7.88. The molecule has 0 saturated carbocycles. The van der Waals surface area contributed by atoms with Gasteiger partial charge in [-0.25, -0.2) is 4.98 Å². The molecule has 0 aliphatic heterocycles. The molecule has 1 aliphatic carbocycles. The largest absolute Gasteiger partial charge is 0.456 e. The van der Waals surface area contributed by atoms with Crippen molar-refractivity contribution >= 4 is 60.7 Å². The van der Waals surface area contributed by atoms with Crippen molar-refractivity contribution in [3.05, 3.63) is 217 Å². The Morgan fingerprint density at radius 1 is 0.410 bits per heavy atom. The first kappa shape index (κ1) is 35.2. The number of anilines is 3. The van der Waals surface area contributed by atoms with E-state index in [1.807, 2.05) is 0 Å². The Morgan fingerprint density at radius 2 is 1.05 bits per heavy atom. The van der Waals surface area contributed by atoms with Gasteiger partial charge in [-0.3, -0.25) is 0 Å². The number of hydrogen-bond donors (Lipinski definition) is 0. The number of nitrogens with zero attached hydrogens (tertiary/aromatic N) is 2. The molecule has 288 valence electrons. The molecule has 0 spiro atoms. The summed E-state index contributed by atoms with van der Waals surface area (Å²) in [7, 11) is 0. The number of furan rings is 1. The van der Waals surface area contributed by atoms with Crippen LogP contribution in [-0.4, -0.2) is 4.98 Å². The predicted molar refractivity (Wildman–Crippen MR) is 255 cm³/mol. The first-order valence-electron chi connectivity index (χ1n) is 21.0. The zero-order valence-corrected chi connectivity index (χ0v) is 33.9. The van der Waals surface area contributed by atoms with Crippen molar-refractivity contribution in [1.29, 1.82) is 0 Å². The highest BCUT2D eigenvalue weighted by molar-refractivity contribution is 6.19. The van der Waals surface area contributed by atoms with Gasteiger partial charge in [0.15, 0.2) is 0 Å².